The lowest BCUT2D eigenvalue weighted by Crippen LogP contribution is -2.41. The summed E-state index contributed by atoms with van der Waals surface area (Å²) in [6, 6.07) is 5.78. The van der Waals surface area contributed by atoms with Gasteiger partial charge in [0.05, 0.1) is 28.7 Å². The van der Waals surface area contributed by atoms with Gasteiger partial charge in [-0.05, 0) is 24.6 Å². The molecule has 2 fully saturated rings. The molecule has 2 aliphatic rings. The van der Waals surface area contributed by atoms with E-state index in [1.165, 1.54) is 23.1 Å². The van der Waals surface area contributed by atoms with Gasteiger partial charge in [0.25, 0.3) is 5.91 Å². The molecular weight excluding hydrogens is 374 g/mol. The first-order valence-electron chi connectivity index (χ1n) is 8.44. The smallest absolute Gasteiger partial charge is 0.253 e. The zero-order valence-electron chi connectivity index (χ0n) is 14.1. The largest absolute Gasteiger partial charge is 0.381 e. The SMILES string of the molecule is NC(=O)C(Sc1nc2ccc(N3CCOCC3=O)cc2s1)C1CCOC1. The summed E-state index contributed by atoms with van der Waals surface area (Å²) in [7, 11) is 0. The maximum absolute atomic E-state index is 12.0. The number of thiazole rings is 1. The maximum Gasteiger partial charge on any atom is 0.253 e. The Labute approximate surface area is 158 Å². The summed E-state index contributed by atoms with van der Waals surface area (Å²) >= 11 is 2.93. The lowest BCUT2D eigenvalue weighted by molar-refractivity contribution is -0.125. The molecule has 0 aliphatic carbocycles. The molecule has 0 spiro atoms. The summed E-state index contributed by atoms with van der Waals surface area (Å²) < 4.78 is 12.4. The third-order valence-corrected chi connectivity index (χ3v) is 7.07. The Balaban J connectivity index is 1.57. The van der Waals surface area contributed by atoms with Crippen LogP contribution in [0.5, 0.6) is 0 Å². The number of anilines is 1. The first kappa shape index (κ1) is 17.7. The van der Waals surface area contributed by atoms with E-state index in [9.17, 15) is 9.59 Å². The van der Waals surface area contributed by atoms with E-state index in [1.807, 2.05) is 18.2 Å². The Morgan fingerprint density at radius 2 is 2.27 bits per heavy atom. The van der Waals surface area contributed by atoms with Crippen LogP contribution >= 0.6 is 23.1 Å². The highest BCUT2D eigenvalue weighted by atomic mass is 32.2. The van der Waals surface area contributed by atoms with Crippen molar-refractivity contribution in [2.75, 3.05) is 37.9 Å². The van der Waals surface area contributed by atoms with Crippen molar-refractivity contribution < 1.29 is 19.1 Å². The van der Waals surface area contributed by atoms with E-state index in [-0.39, 0.29) is 29.6 Å². The number of ether oxygens (including phenoxy) is 2. The van der Waals surface area contributed by atoms with Gasteiger partial charge in [-0.2, -0.15) is 0 Å². The van der Waals surface area contributed by atoms with Crippen molar-refractivity contribution in [3.05, 3.63) is 18.2 Å². The zero-order valence-corrected chi connectivity index (χ0v) is 15.7. The average Bonchev–Trinajstić information content (AvgIpc) is 3.28. The molecule has 0 bridgehead atoms. The highest BCUT2D eigenvalue weighted by molar-refractivity contribution is 8.02. The molecule has 138 valence electrons. The molecular formula is C17H19N3O4S2. The summed E-state index contributed by atoms with van der Waals surface area (Å²) in [4.78, 5) is 30.2. The second-order valence-corrected chi connectivity index (χ2v) is 8.71. The van der Waals surface area contributed by atoms with E-state index in [2.05, 4.69) is 4.98 Å². The van der Waals surface area contributed by atoms with E-state index in [4.69, 9.17) is 15.2 Å². The summed E-state index contributed by atoms with van der Waals surface area (Å²) in [5, 5.41) is -0.335. The number of primary amides is 1. The van der Waals surface area contributed by atoms with E-state index in [1.54, 1.807) is 4.90 Å². The van der Waals surface area contributed by atoms with Crippen LogP contribution in [0.1, 0.15) is 6.42 Å². The number of hydrogen-bond acceptors (Lipinski definition) is 7. The van der Waals surface area contributed by atoms with Crippen LogP contribution in [-0.2, 0) is 19.1 Å². The zero-order chi connectivity index (χ0) is 18.1. The van der Waals surface area contributed by atoms with Gasteiger partial charge in [0.1, 0.15) is 6.61 Å². The summed E-state index contributed by atoms with van der Waals surface area (Å²) in [5.74, 6) is -0.236. The lowest BCUT2D eigenvalue weighted by Gasteiger charge is -2.26. The average molecular weight is 393 g/mol. The van der Waals surface area contributed by atoms with Crippen LogP contribution in [0.3, 0.4) is 0 Å². The van der Waals surface area contributed by atoms with E-state index < -0.39 is 0 Å². The van der Waals surface area contributed by atoms with Crippen LogP contribution in [0.2, 0.25) is 0 Å². The number of nitrogens with zero attached hydrogens (tertiary/aromatic N) is 2. The molecule has 2 atom stereocenters. The molecule has 2 N–H and O–H groups in total. The van der Waals surface area contributed by atoms with Crippen LogP contribution in [-0.4, -0.2) is 55.0 Å². The second kappa shape index (κ2) is 7.51. The number of thioether (sulfide) groups is 1. The van der Waals surface area contributed by atoms with Crippen molar-refractivity contribution in [2.45, 2.75) is 16.0 Å². The fourth-order valence-electron chi connectivity index (χ4n) is 3.19. The quantitative estimate of drug-likeness (QED) is 0.776. The van der Waals surface area contributed by atoms with Gasteiger partial charge in [-0.3, -0.25) is 9.59 Å². The minimum Gasteiger partial charge on any atom is -0.381 e. The first-order chi connectivity index (χ1) is 12.6. The van der Waals surface area contributed by atoms with Crippen molar-refractivity contribution >= 4 is 50.8 Å². The molecule has 1 aromatic heterocycles. The Morgan fingerprint density at radius 3 is 3.00 bits per heavy atom. The van der Waals surface area contributed by atoms with E-state index >= 15 is 0 Å². The number of nitrogens with two attached hydrogens (primary N) is 1. The molecule has 2 aromatic rings. The van der Waals surface area contributed by atoms with Crippen LogP contribution in [0.25, 0.3) is 10.2 Å². The molecule has 2 amide bonds. The monoisotopic (exact) mass is 393 g/mol. The Bertz CT molecular complexity index is 835. The molecule has 26 heavy (non-hydrogen) atoms. The van der Waals surface area contributed by atoms with Crippen molar-refractivity contribution in [1.29, 1.82) is 0 Å². The summed E-state index contributed by atoms with van der Waals surface area (Å²) in [6.45, 7) is 2.44. The molecule has 2 saturated heterocycles. The van der Waals surface area contributed by atoms with Gasteiger partial charge in [-0.1, -0.05) is 11.8 Å². The van der Waals surface area contributed by atoms with Crippen molar-refractivity contribution in [3.8, 4) is 0 Å². The number of aromatic nitrogens is 1. The lowest BCUT2D eigenvalue weighted by atomic mass is 10.0. The molecule has 0 saturated carbocycles. The highest BCUT2D eigenvalue weighted by Crippen LogP contribution is 2.37. The van der Waals surface area contributed by atoms with Crippen LogP contribution in [0.15, 0.2) is 22.5 Å². The molecule has 0 radical (unpaired) electrons. The third-order valence-electron chi connectivity index (χ3n) is 4.55. The molecule has 3 heterocycles. The number of morpholine rings is 1. The fourth-order valence-corrected chi connectivity index (χ4v) is 5.58. The number of hydrogen-bond donors (Lipinski definition) is 1. The van der Waals surface area contributed by atoms with Crippen molar-refractivity contribution in [1.82, 2.24) is 4.98 Å². The minimum atomic E-state index is -0.335. The Hall–Kier alpha value is -1.68. The number of rotatable bonds is 5. The van der Waals surface area contributed by atoms with E-state index in [0.717, 1.165) is 26.7 Å². The number of carbonyl (C=O) groups is 2. The normalized spacial score (nSPS) is 22.1. The molecule has 9 heteroatoms. The topological polar surface area (TPSA) is 94.8 Å². The molecule has 4 rings (SSSR count). The number of amides is 2. The van der Waals surface area contributed by atoms with Crippen molar-refractivity contribution in [2.24, 2.45) is 11.7 Å². The van der Waals surface area contributed by atoms with Gasteiger partial charge in [0.15, 0.2) is 4.34 Å². The van der Waals surface area contributed by atoms with Gasteiger partial charge >= 0.3 is 0 Å². The number of fused-ring (bicyclic) bond motifs is 1. The number of carbonyl (C=O) groups excluding carboxylic acids is 2. The fraction of sp³-hybridized carbons (Fsp3) is 0.471. The van der Waals surface area contributed by atoms with Gasteiger partial charge in [-0.25, -0.2) is 4.98 Å². The standard InChI is InChI=1S/C17H19N3O4S2/c18-16(22)15(10-3-5-23-8-10)26-17-19-12-2-1-11(7-13(12)25-17)20-4-6-24-9-14(20)21/h1-2,7,10,15H,3-6,8-9H2,(H2,18,22). The van der Waals surface area contributed by atoms with Crippen LogP contribution in [0.4, 0.5) is 5.69 Å². The Kier molecular flexibility index (Phi) is 5.12. The second-order valence-electron chi connectivity index (χ2n) is 6.29. The third kappa shape index (κ3) is 3.57. The van der Waals surface area contributed by atoms with E-state index in [0.29, 0.717) is 26.4 Å². The molecule has 2 aliphatic heterocycles. The molecule has 2 unspecified atom stereocenters. The van der Waals surface area contributed by atoms with Crippen molar-refractivity contribution in [3.63, 3.8) is 0 Å². The van der Waals surface area contributed by atoms with Gasteiger partial charge in [-0.15, -0.1) is 11.3 Å². The summed E-state index contributed by atoms with van der Waals surface area (Å²) in [6.07, 6.45) is 0.842. The minimum absolute atomic E-state index is 0.0373. The van der Waals surface area contributed by atoms with Gasteiger partial charge in [0, 0.05) is 24.8 Å². The first-order valence-corrected chi connectivity index (χ1v) is 10.1. The predicted molar refractivity (Wildman–Crippen MR) is 101 cm³/mol. The maximum atomic E-state index is 12.0. The highest BCUT2D eigenvalue weighted by Gasteiger charge is 2.32. The molecule has 1 aromatic carbocycles. The molecule has 7 nitrogen and oxygen atoms in total. The van der Waals surface area contributed by atoms with Crippen LogP contribution < -0.4 is 10.6 Å². The summed E-state index contributed by atoms with van der Waals surface area (Å²) in [5.41, 5.74) is 7.30. The number of benzene rings is 1. The van der Waals surface area contributed by atoms with Gasteiger partial charge in [0.2, 0.25) is 5.91 Å². The predicted octanol–water partition coefficient (Wildman–Crippen LogP) is 1.64. The van der Waals surface area contributed by atoms with Crippen LogP contribution in [0, 0.1) is 5.92 Å². The Morgan fingerprint density at radius 1 is 1.38 bits per heavy atom. The van der Waals surface area contributed by atoms with Gasteiger partial charge < -0.3 is 20.1 Å².